The van der Waals surface area contributed by atoms with E-state index in [1.165, 1.54) is 6.42 Å². The third-order valence-electron chi connectivity index (χ3n) is 6.05. The maximum atomic E-state index is 13.3. The van der Waals surface area contributed by atoms with E-state index in [0.29, 0.717) is 43.6 Å². The second-order valence-electron chi connectivity index (χ2n) is 8.16. The topological polar surface area (TPSA) is 86.6 Å². The number of hydrogen-bond donors (Lipinski definition) is 0. The monoisotopic (exact) mass is 448 g/mol. The number of ether oxygens (including phenoxy) is 2. The van der Waals surface area contributed by atoms with Crippen molar-refractivity contribution < 1.29 is 17.9 Å². The summed E-state index contributed by atoms with van der Waals surface area (Å²) in [5.41, 5.74) is 0. The fraction of sp³-hybridized carbons (Fsp3) is 0.636. The van der Waals surface area contributed by atoms with E-state index in [1.807, 2.05) is 6.92 Å². The largest absolute Gasteiger partial charge is 0.491 e. The molecule has 9 heteroatoms. The van der Waals surface area contributed by atoms with Gasteiger partial charge in [-0.2, -0.15) is 4.31 Å². The SMILES string of the molecule is CCOCCOc1ccc(S(=O)(=O)N2CCC[C@H](c3nnc4n3CCCCC4)C2)cc1. The van der Waals surface area contributed by atoms with E-state index in [-0.39, 0.29) is 5.92 Å². The van der Waals surface area contributed by atoms with Gasteiger partial charge in [-0.15, -0.1) is 10.2 Å². The van der Waals surface area contributed by atoms with E-state index in [9.17, 15) is 8.42 Å². The molecule has 0 N–H and O–H groups in total. The van der Waals surface area contributed by atoms with Gasteiger partial charge in [0, 0.05) is 38.6 Å². The zero-order valence-corrected chi connectivity index (χ0v) is 19.0. The number of rotatable bonds is 8. The molecule has 0 amide bonds. The third kappa shape index (κ3) is 5.10. The smallest absolute Gasteiger partial charge is 0.243 e. The Hall–Kier alpha value is -1.97. The first-order valence-electron chi connectivity index (χ1n) is 11.3. The molecule has 0 spiro atoms. The van der Waals surface area contributed by atoms with Gasteiger partial charge in [-0.3, -0.25) is 0 Å². The Kier molecular flexibility index (Phi) is 7.24. The van der Waals surface area contributed by atoms with Crippen molar-refractivity contribution in [1.82, 2.24) is 19.1 Å². The molecule has 0 radical (unpaired) electrons. The number of sulfonamides is 1. The Bertz CT molecular complexity index is 958. The molecule has 1 fully saturated rings. The zero-order chi connectivity index (χ0) is 21.7. The Morgan fingerprint density at radius 2 is 1.87 bits per heavy atom. The minimum Gasteiger partial charge on any atom is -0.491 e. The molecule has 1 saturated heterocycles. The van der Waals surface area contributed by atoms with Gasteiger partial charge in [0.2, 0.25) is 10.0 Å². The summed E-state index contributed by atoms with van der Waals surface area (Å²) in [6.45, 7) is 5.46. The highest BCUT2D eigenvalue weighted by Crippen LogP contribution is 2.31. The lowest BCUT2D eigenvalue weighted by atomic mass is 9.99. The minimum atomic E-state index is -3.56. The number of aromatic nitrogens is 3. The third-order valence-corrected chi connectivity index (χ3v) is 7.93. The Morgan fingerprint density at radius 3 is 2.68 bits per heavy atom. The van der Waals surface area contributed by atoms with E-state index in [4.69, 9.17) is 9.47 Å². The van der Waals surface area contributed by atoms with E-state index < -0.39 is 10.0 Å². The fourth-order valence-electron chi connectivity index (χ4n) is 4.40. The molecule has 2 aromatic rings. The van der Waals surface area contributed by atoms with Crippen LogP contribution in [0.4, 0.5) is 0 Å². The first kappa shape index (κ1) is 22.2. The standard InChI is InChI=1S/C22H32N4O4S/c1-2-29-15-16-30-19-9-11-20(12-10-19)31(27,28)25-13-6-7-18(17-25)22-24-23-21-8-4-3-5-14-26(21)22/h9-12,18H,2-8,13-17H2,1H3/t18-/m0/s1. The molecule has 1 aromatic heterocycles. The number of aryl methyl sites for hydroxylation is 1. The van der Waals surface area contributed by atoms with Gasteiger partial charge in [-0.1, -0.05) is 6.42 Å². The van der Waals surface area contributed by atoms with E-state index in [1.54, 1.807) is 28.6 Å². The summed E-state index contributed by atoms with van der Waals surface area (Å²) in [7, 11) is -3.56. The van der Waals surface area contributed by atoms with Crippen LogP contribution in [0.2, 0.25) is 0 Å². The lowest BCUT2D eigenvalue weighted by molar-refractivity contribution is 0.110. The van der Waals surface area contributed by atoms with Gasteiger partial charge in [-0.25, -0.2) is 8.42 Å². The summed E-state index contributed by atoms with van der Waals surface area (Å²) < 4.78 is 41.3. The van der Waals surface area contributed by atoms with E-state index in [0.717, 1.165) is 50.3 Å². The number of piperidine rings is 1. The Labute approximate surface area is 184 Å². The summed E-state index contributed by atoms with van der Waals surface area (Å²) in [5.74, 6) is 2.73. The van der Waals surface area contributed by atoms with Gasteiger partial charge >= 0.3 is 0 Å². The molecule has 2 aliphatic rings. The molecule has 0 unspecified atom stereocenters. The quantitative estimate of drug-likeness (QED) is 0.577. The Morgan fingerprint density at radius 1 is 1.03 bits per heavy atom. The Balaban J connectivity index is 1.44. The van der Waals surface area contributed by atoms with Crippen LogP contribution in [0.15, 0.2) is 29.2 Å². The maximum absolute atomic E-state index is 13.3. The molecule has 2 aliphatic heterocycles. The normalized spacial score (nSPS) is 20.2. The predicted octanol–water partition coefficient (Wildman–Crippen LogP) is 2.99. The molecule has 1 atom stereocenters. The lowest BCUT2D eigenvalue weighted by Crippen LogP contribution is -2.39. The van der Waals surface area contributed by atoms with Crippen LogP contribution in [0.5, 0.6) is 5.75 Å². The van der Waals surface area contributed by atoms with Crippen molar-refractivity contribution >= 4 is 10.0 Å². The summed E-state index contributed by atoms with van der Waals surface area (Å²) in [6, 6.07) is 6.66. The van der Waals surface area contributed by atoms with Crippen molar-refractivity contribution in [3.05, 3.63) is 35.9 Å². The molecule has 0 aliphatic carbocycles. The lowest BCUT2D eigenvalue weighted by Gasteiger charge is -2.31. The van der Waals surface area contributed by atoms with Crippen LogP contribution in [0.1, 0.15) is 56.6 Å². The van der Waals surface area contributed by atoms with Crippen LogP contribution >= 0.6 is 0 Å². The molecule has 31 heavy (non-hydrogen) atoms. The zero-order valence-electron chi connectivity index (χ0n) is 18.2. The predicted molar refractivity (Wildman–Crippen MR) is 117 cm³/mol. The average molecular weight is 449 g/mol. The minimum absolute atomic E-state index is 0.0871. The van der Waals surface area contributed by atoms with Crippen molar-refractivity contribution in [1.29, 1.82) is 0 Å². The van der Waals surface area contributed by atoms with Crippen LogP contribution < -0.4 is 4.74 Å². The van der Waals surface area contributed by atoms with Gasteiger partial charge in [-0.05, 0) is 56.9 Å². The van der Waals surface area contributed by atoms with Crippen LogP contribution in [-0.2, 0) is 27.7 Å². The molecule has 1 aromatic carbocycles. The van der Waals surface area contributed by atoms with Gasteiger partial charge in [0.15, 0.2) is 0 Å². The molecule has 0 bridgehead atoms. The average Bonchev–Trinajstić information content (AvgIpc) is 3.05. The van der Waals surface area contributed by atoms with E-state index in [2.05, 4.69) is 14.8 Å². The van der Waals surface area contributed by atoms with E-state index >= 15 is 0 Å². The first-order chi connectivity index (χ1) is 15.1. The van der Waals surface area contributed by atoms with Gasteiger partial charge in [0.25, 0.3) is 0 Å². The van der Waals surface area contributed by atoms with Crippen LogP contribution in [0.25, 0.3) is 0 Å². The summed E-state index contributed by atoms with van der Waals surface area (Å²) >= 11 is 0. The van der Waals surface area contributed by atoms with Crippen LogP contribution in [-0.4, -0.2) is 60.4 Å². The van der Waals surface area contributed by atoms with Crippen LogP contribution in [0, 0.1) is 0 Å². The van der Waals surface area contributed by atoms with Gasteiger partial charge < -0.3 is 14.0 Å². The van der Waals surface area contributed by atoms with Crippen LogP contribution in [0.3, 0.4) is 0 Å². The molecule has 4 rings (SSSR count). The number of benzene rings is 1. The molecule has 0 saturated carbocycles. The first-order valence-corrected chi connectivity index (χ1v) is 12.8. The summed E-state index contributed by atoms with van der Waals surface area (Å²) in [6.07, 6.45) is 6.21. The molecular formula is C22H32N4O4S. The van der Waals surface area contributed by atoms with Crippen molar-refractivity contribution in [2.45, 2.75) is 62.8 Å². The van der Waals surface area contributed by atoms with Crippen molar-refractivity contribution in [2.24, 2.45) is 0 Å². The van der Waals surface area contributed by atoms with Gasteiger partial charge in [0.1, 0.15) is 24.0 Å². The molecule has 8 nitrogen and oxygen atoms in total. The molecule has 170 valence electrons. The van der Waals surface area contributed by atoms with Crippen molar-refractivity contribution in [3.63, 3.8) is 0 Å². The van der Waals surface area contributed by atoms with Gasteiger partial charge in [0.05, 0.1) is 11.5 Å². The summed E-state index contributed by atoms with van der Waals surface area (Å²) in [5, 5.41) is 8.88. The maximum Gasteiger partial charge on any atom is 0.243 e. The number of nitrogens with zero attached hydrogens (tertiary/aromatic N) is 4. The molecular weight excluding hydrogens is 416 g/mol. The highest BCUT2D eigenvalue weighted by Gasteiger charge is 2.33. The fourth-order valence-corrected chi connectivity index (χ4v) is 5.92. The number of hydrogen-bond acceptors (Lipinski definition) is 6. The second kappa shape index (κ2) is 10.1. The summed E-state index contributed by atoms with van der Waals surface area (Å²) in [4.78, 5) is 0.297. The highest BCUT2D eigenvalue weighted by molar-refractivity contribution is 7.89. The second-order valence-corrected chi connectivity index (χ2v) is 10.1. The highest BCUT2D eigenvalue weighted by atomic mass is 32.2. The molecule has 3 heterocycles. The number of fused-ring (bicyclic) bond motifs is 1. The van der Waals surface area contributed by atoms with Crippen molar-refractivity contribution in [2.75, 3.05) is 32.9 Å². The van der Waals surface area contributed by atoms with Crippen molar-refractivity contribution in [3.8, 4) is 5.75 Å².